The predicted octanol–water partition coefficient (Wildman–Crippen LogP) is 2.76. The van der Waals surface area contributed by atoms with Crippen molar-refractivity contribution in [3.63, 3.8) is 0 Å². The lowest BCUT2D eigenvalue weighted by atomic mass is 10.1. The number of aryl methyl sites for hydroxylation is 1. The SMILES string of the molecule is Cc1cc(C(=O)O)ccc1Sc1nnc(N(C)C)s1. The quantitative estimate of drug-likeness (QED) is 0.935. The van der Waals surface area contributed by atoms with Crippen LogP contribution in [0.1, 0.15) is 15.9 Å². The van der Waals surface area contributed by atoms with E-state index < -0.39 is 5.97 Å². The summed E-state index contributed by atoms with van der Waals surface area (Å²) in [5.74, 6) is -0.912. The van der Waals surface area contributed by atoms with Crippen molar-refractivity contribution in [1.82, 2.24) is 10.2 Å². The van der Waals surface area contributed by atoms with Gasteiger partial charge in [-0.1, -0.05) is 23.1 Å². The van der Waals surface area contributed by atoms with Gasteiger partial charge in [0.1, 0.15) is 0 Å². The highest BCUT2D eigenvalue weighted by Gasteiger charge is 2.10. The van der Waals surface area contributed by atoms with Gasteiger partial charge in [-0.2, -0.15) is 0 Å². The predicted molar refractivity (Wildman–Crippen MR) is 76.5 cm³/mol. The van der Waals surface area contributed by atoms with E-state index in [0.717, 1.165) is 19.9 Å². The summed E-state index contributed by atoms with van der Waals surface area (Å²) in [7, 11) is 3.84. The van der Waals surface area contributed by atoms with Gasteiger partial charge in [0.2, 0.25) is 5.13 Å². The Bertz CT molecular complexity index is 611. The molecule has 1 aromatic carbocycles. The van der Waals surface area contributed by atoms with Crippen molar-refractivity contribution in [3.8, 4) is 0 Å². The number of nitrogens with zero attached hydrogens (tertiary/aromatic N) is 3. The van der Waals surface area contributed by atoms with Crippen LogP contribution in [0.15, 0.2) is 27.4 Å². The van der Waals surface area contributed by atoms with Crippen LogP contribution in [0.3, 0.4) is 0 Å². The summed E-state index contributed by atoms with van der Waals surface area (Å²) < 4.78 is 0.842. The first kappa shape index (κ1) is 13.8. The Kier molecular flexibility index (Phi) is 4.06. The summed E-state index contributed by atoms with van der Waals surface area (Å²) in [6.45, 7) is 1.89. The van der Waals surface area contributed by atoms with Crippen LogP contribution in [-0.4, -0.2) is 35.4 Å². The molecule has 0 spiro atoms. The van der Waals surface area contributed by atoms with Crippen LogP contribution in [0, 0.1) is 6.92 Å². The normalized spacial score (nSPS) is 10.5. The van der Waals surface area contributed by atoms with Crippen molar-refractivity contribution in [2.24, 2.45) is 0 Å². The third-order valence-corrected chi connectivity index (χ3v) is 4.72. The summed E-state index contributed by atoms with van der Waals surface area (Å²) in [5, 5.41) is 17.9. The van der Waals surface area contributed by atoms with Gasteiger partial charge in [-0.05, 0) is 30.7 Å². The Morgan fingerprint density at radius 3 is 2.63 bits per heavy atom. The molecule has 2 rings (SSSR count). The van der Waals surface area contributed by atoms with E-state index >= 15 is 0 Å². The zero-order valence-corrected chi connectivity index (χ0v) is 12.4. The number of anilines is 1. The molecule has 0 amide bonds. The van der Waals surface area contributed by atoms with E-state index in [1.54, 1.807) is 18.2 Å². The Balaban J connectivity index is 2.20. The molecule has 1 N–H and O–H groups in total. The number of hydrogen-bond donors (Lipinski definition) is 1. The van der Waals surface area contributed by atoms with Crippen LogP contribution in [0.2, 0.25) is 0 Å². The molecule has 0 unspecified atom stereocenters. The molecule has 1 aromatic heterocycles. The second-order valence-corrected chi connectivity index (χ2v) is 6.38. The molecule has 0 aliphatic rings. The number of carbonyl (C=O) groups is 1. The smallest absolute Gasteiger partial charge is 0.335 e. The summed E-state index contributed by atoms with van der Waals surface area (Å²) >= 11 is 3.00. The van der Waals surface area contributed by atoms with Crippen molar-refractivity contribution < 1.29 is 9.90 Å². The number of carboxylic acid groups (broad SMARTS) is 1. The summed E-state index contributed by atoms with van der Waals surface area (Å²) in [5.41, 5.74) is 1.22. The van der Waals surface area contributed by atoms with Crippen molar-refractivity contribution in [3.05, 3.63) is 29.3 Å². The lowest BCUT2D eigenvalue weighted by molar-refractivity contribution is 0.0696. The maximum atomic E-state index is 10.9. The number of hydrogen-bond acceptors (Lipinski definition) is 6. The van der Waals surface area contributed by atoms with Crippen LogP contribution in [0.4, 0.5) is 5.13 Å². The van der Waals surface area contributed by atoms with Gasteiger partial charge in [-0.25, -0.2) is 4.79 Å². The van der Waals surface area contributed by atoms with E-state index in [1.807, 2.05) is 25.9 Å². The number of carboxylic acids is 1. The number of aromatic nitrogens is 2. The number of rotatable bonds is 4. The van der Waals surface area contributed by atoms with Gasteiger partial charge in [-0.15, -0.1) is 10.2 Å². The Labute approximate surface area is 119 Å². The Morgan fingerprint density at radius 1 is 1.37 bits per heavy atom. The van der Waals surface area contributed by atoms with Gasteiger partial charge in [0.25, 0.3) is 0 Å². The van der Waals surface area contributed by atoms with Crippen LogP contribution in [0.5, 0.6) is 0 Å². The van der Waals surface area contributed by atoms with Crippen LogP contribution in [0.25, 0.3) is 0 Å². The Morgan fingerprint density at radius 2 is 2.11 bits per heavy atom. The minimum atomic E-state index is -0.912. The van der Waals surface area contributed by atoms with Gasteiger partial charge >= 0.3 is 5.97 Å². The summed E-state index contributed by atoms with van der Waals surface area (Å²) in [6.07, 6.45) is 0. The first-order valence-corrected chi connectivity index (χ1v) is 7.13. The van der Waals surface area contributed by atoms with E-state index in [-0.39, 0.29) is 0 Å². The molecule has 5 nitrogen and oxygen atoms in total. The highest BCUT2D eigenvalue weighted by Crippen LogP contribution is 2.34. The van der Waals surface area contributed by atoms with Crippen molar-refractivity contribution in [2.75, 3.05) is 19.0 Å². The maximum Gasteiger partial charge on any atom is 0.335 e. The minimum Gasteiger partial charge on any atom is -0.478 e. The molecule has 100 valence electrons. The molecule has 0 bridgehead atoms. The van der Waals surface area contributed by atoms with Gasteiger partial charge in [0.05, 0.1) is 5.56 Å². The van der Waals surface area contributed by atoms with Gasteiger partial charge in [0, 0.05) is 19.0 Å². The minimum absolute atomic E-state index is 0.299. The molecule has 0 atom stereocenters. The zero-order chi connectivity index (χ0) is 14.0. The first-order valence-electron chi connectivity index (χ1n) is 5.50. The van der Waals surface area contributed by atoms with E-state index in [4.69, 9.17) is 5.11 Å². The van der Waals surface area contributed by atoms with Crippen LogP contribution < -0.4 is 4.90 Å². The third kappa shape index (κ3) is 3.24. The van der Waals surface area contributed by atoms with Crippen molar-refractivity contribution >= 4 is 34.2 Å². The lowest BCUT2D eigenvalue weighted by Gasteiger charge is -2.05. The molecule has 19 heavy (non-hydrogen) atoms. The highest BCUT2D eigenvalue weighted by molar-refractivity contribution is 8.01. The molecule has 2 aromatic rings. The number of benzene rings is 1. The summed E-state index contributed by atoms with van der Waals surface area (Å²) in [6, 6.07) is 5.07. The molecule has 0 aliphatic heterocycles. The maximum absolute atomic E-state index is 10.9. The average Bonchev–Trinajstić information content (AvgIpc) is 2.80. The largest absolute Gasteiger partial charge is 0.478 e. The number of aromatic carboxylic acids is 1. The van der Waals surface area contributed by atoms with Crippen molar-refractivity contribution in [1.29, 1.82) is 0 Å². The van der Waals surface area contributed by atoms with Crippen molar-refractivity contribution in [2.45, 2.75) is 16.2 Å². The highest BCUT2D eigenvalue weighted by atomic mass is 32.2. The molecule has 0 fully saturated rings. The van der Waals surface area contributed by atoms with Gasteiger partial charge in [-0.3, -0.25) is 0 Å². The third-order valence-electron chi connectivity index (χ3n) is 2.40. The van der Waals surface area contributed by atoms with Gasteiger partial charge in [0.15, 0.2) is 4.34 Å². The average molecular weight is 295 g/mol. The second kappa shape index (κ2) is 5.58. The molecule has 0 saturated heterocycles. The molecule has 7 heteroatoms. The fourth-order valence-corrected chi connectivity index (χ4v) is 3.20. The Hall–Kier alpha value is -1.60. The molecule has 0 saturated carbocycles. The fourth-order valence-electron chi connectivity index (χ4n) is 1.42. The van der Waals surface area contributed by atoms with Crippen LogP contribution >= 0.6 is 23.1 Å². The lowest BCUT2D eigenvalue weighted by Crippen LogP contribution is -2.07. The van der Waals surface area contributed by atoms with E-state index in [1.165, 1.54) is 23.1 Å². The molecule has 0 radical (unpaired) electrons. The fraction of sp³-hybridized carbons (Fsp3) is 0.250. The van der Waals surface area contributed by atoms with E-state index in [2.05, 4.69) is 10.2 Å². The second-order valence-electron chi connectivity index (χ2n) is 4.13. The van der Waals surface area contributed by atoms with Gasteiger partial charge < -0.3 is 10.0 Å². The molecule has 1 heterocycles. The molecular weight excluding hydrogens is 282 g/mol. The summed E-state index contributed by atoms with van der Waals surface area (Å²) in [4.78, 5) is 13.8. The van der Waals surface area contributed by atoms with E-state index in [0.29, 0.717) is 5.56 Å². The molecule has 0 aliphatic carbocycles. The van der Waals surface area contributed by atoms with E-state index in [9.17, 15) is 4.79 Å². The topological polar surface area (TPSA) is 66.3 Å². The van der Waals surface area contributed by atoms with Crippen LogP contribution in [-0.2, 0) is 0 Å². The first-order chi connectivity index (χ1) is 8.97. The molecular formula is C12H13N3O2S2. The standard InChI is InChI=1S/C12H13N3O2S2/c1-7-6-8(10(16)17)4-5-9(7)18-12-14-13-11(19-12)15(2)3/h4-6H,1-3H3,(H,16,17). The monoisotopic (exact) mass is 295 g/mol. The zero-order valence-electron chi connectivity index (χ0n) is 10.7.